The Morgan fingerprint density at radius 3 is 2.04 bits per heavy atom. The van der Waals surface area contributed by atoms with Gasteiger partial charge in [0.2, 0.25) is 11.8 Å². The molecule has 26 heavy (non-hydrogen) atoms. The van der Waals surface area contributed by atoms with Crippen molar-refractivity contribution in [1.29, 1.82) is 0 Å². The Bertz CT molecular complexity index is 914. The average molecular weight is 348 g/mol. The topological polar surface area (TPSA) is 88.3 Å². The quantitative estimate of drug-likeness (QED) is 0.731. The first kappa shape index (κ1) is 16.0. The van der Waals surface area contributed by atoms with Crippen LogP contribution in [0.15, 0.2) is 65.1 Å². The van der Waals surface area contributed by atoms with Crippen LogP contribution in [0.4, 0.5) is 4.79 Å². The van der Waals surface area contributed by atoms with Gasteiger partial charge in [-0.2, -0.15) is 0 Å². The fourth-order valence-corrected chi connectivity index (χ4v) is 3.19. The van der Waals surface area contributed by atoms with E-state index in [1.807, 2.05) is 60.7 Å². The van der Waals surface area contributed by atoms with Crippen molar-refractivity contribution in [1.82, 2.24) is 20.4 Å². The van der Waals surface area contributed by atoms with Crippen LogP contribution in [0.3, 0.4) is 0 Å². The molecule has 0 bridgehead atoms. The molecule has 1 saturated heterocycles. The third kappa shape index (κ3) is 2.45. The lowest BCUT2D eigenvalue weighted by Crippen LogP contribution is -2.45. The second-order valence-electron chi connectivity index (χ2n) is 6.02. The molecule has 7 heteroatoms. The van der Waals surface area contributed by atoms with Crippen LogP contribution in [-0.2, 0) is 16.9 Å². The van der Waals surface area contributed by atoms with E-state index in [0.717, 1.165) is 4.90 Å². The van der Waals surface area contributed by atoms with Crippen LogP contribution in [0.1, 0.15) is 22.9 Å². The predicted octanol–water partition coefficient (Wildman–Crippen LogP) is 2.37. The molecule has 4 rings (SSSR count). The molecule has 0 spiro atoms. The summed E-state index contributed by atoms with van der Waals surface area (Å²) in [7, 11) is 0. The molecule has 3 aromatic rings. The number of nitrogens with zero attached hydrogens (tertiary/aromatic N) is 3. The zero-order valence-electron chi connectivity index (χ0n) is 14.0. The predicted molar refractivity (Wildman–Crippen MR) is 91.8 cm³/mol. The maximum Gasteiger partial charge on any atom is 0.326 e. The number of hydrogen-bond acceptors (Lipinski definition) is 5. The van der Waals surface area contributed by atoms with Crippen molar-refractivity contribution in [2.75, 3.05) is 0 Å². The lowest BCUT2D eigenvalue weighted by atomic mass is 9.82. The number of rotatable bonds is 4. The van der Waals surface area contributed by atoms with E-state index in [1.165, 1.54) is 0 Å². The van der Waals surface area contributed by atoms with Gasteiger partial charge in [-0.05, 0) is 11.1 Å². The maximum absolute atomic E-state index is 13.4. The fraction of sp³-hybridized carbons (Fsp3) is 0.158. The van der Waals surface area contributed by atoms with Gasteiger partial charge in [-0.1, -0.05) is 60.7 Å². The minimum absolute atomic E-state index is 0.0765. The van der Waals surface area contributed by atoms with Crippen molar-refractivity contribution in [2.24, 2.45) is 0 Å². The van der Waals surface area contributed by atoms with E-state index in [-0.39, 0.29) is 18.3 Å². The van der Waals surface area contributed by atoms with Crippen molar-refractivity contribution >= 4 is 11.9 Å². The Balaban J connectivity index is 1.80. The number of nitrogens with one attached hydrogen (secondary N) is 1. The first-order valence-electron chi connectivity index (χ1n) is 8.15. The van der Waals surface area contributed by atoms with Crippen molar-refractivity contribution in [3.63, 3.8) is 0 Å². The van der Waals surface area contributed by atoms with E-state index in [4.69, 9.17) is 4.42 Å². The van der Waals surface area contributed by atoms with Gasteiger partial charge in [0.05, 0.1) is 0 Å². The number of amides is 3. The Morgan fingerprint density at radius 2 is 1.54 bits per heavy atom. The SMILES string of the molecule is Cc1nnc(CN2C(=O)NC(c3ccccc3)(c3ccccc3)C2=O)o1. The highest BCUT2D eigenvalue weighted by Crippen LogP contribution is 2.36. The molecule has 7 nitrogen and oxygen atoms in total. The Morgan fingerprint density at radius 1 is 0.962 bits per heavy atom. The number of aromatic nitrogens is 2. The molecule has 0 aliphatic carbocycles. The van der Waals surface area contributed by atoms with Gasteiger partial charge in [0.1, 0.15) is 6.54 Å². The van der Waals surface area contributed by atoms with Crippen LogP contribution in [0, 0.1) is 6.92 Å². The average Bonchev–Trinajstić information content (AvgIpc) is 3.20. The zero-order chi connectivity index (χ0) is 18.1. The lowest BCUT2D eigenvalue weighted by molar-refractivity contribution is -0.130. The number of imide groups is 1. The van der Waals surface area contributed by atoms with E-state index in [0.29, 0.717) is 17.0 Å². The van der Waals surface area contributed by atoms with Crippen molar-refractivity contribution in [3.8, 4) is 0 Å². The highest BCUT2D eigenvalue weighted by atomic mass is 16.4. The molecule has 130 valence electrons. The summed E-state index contributed by atoms with van der Waals surface area (Å²) in [6, 6.07) is 17.9. The number of aryl methyl sites for hydroxylation is 1. The molecule has 3 amide bonds. The largest absolute Gasteiger partial charge is 0.424 e. The molecule has 1 fully saturated rings. The first-order chi connectivity index (χ1) is 12.6. The highest BCUT2D eigenvalue weighted by Gasteiger charge is 2.53. The summed E-state index contributed by atoms with van der Waals surface area (Å²) >= 11 is 0. The van der Waals surface area contributed by atoms with Crippen LogP contribution >= 0.6 is 0 Å². The van der Waals surface area contributed by atoms with Crippen LogP contribution < -0.4 is 5.32 Å². The number of carbonyl (C=O) groups is 2. The summed E-state index contributed by atoms with van der Waals surface area (Å²) in [5.41, 5.74) is 0.0943. The smallest absolute Gasteiger partial charge is 0.326 e. The Labute approximate surface area is 149 Å². The van der Waals surface area contributed by atoms with Gasteiger partial charge in [-0.15, -0.1) is 10.2 Å². The number of urea groups is 1. The molecule has 1 aliphatic heterocycles. The van der Waals surface area contributed by atoms with Crippen LogP contribution in [0.25, 0.3) is 0 Å². The van der Waals surface area contributed by atoms with E-state index >= 15 is 0 Å². The fourth-order valence-electron chi connectivity index (χ4n) is 3.19. The van der Waals surface area contributed by atoms with Crippen LogP contribution in [0.5, 0.6) is 0 Å². The molecule has 0 atom stereocenters. The third-order valence-electron chi connectivity index (χ3n) is 4.38. The standard InChI is InChI=1S/C19H16N4O3/c1-13-21-22-16(26-13)12-23-17(24)19(20-18(23)25,14-8-4-2-5-9-14)15-10-6-3-7-11-15/h2-11H,12H2,1H3,(H,20,25). The summed E-state index contributed by atoms with van der Waals surface area (Å²) in [5, 5.41) is 10.5. The number of hydrogen-bond donors (Lipinski definition) is 1. The van der Waals surface area contributed by atoms with Crippen molar-refractivity contribution in [3.05, 3.63) is 83.6 Å². The molecule has 0 saturated carbocycles. The van der Waals surface area contributed by atoms with Crippen molar-refractivity contribution < 1.29 is 14.0 Å². The normalized spacial score (nSPS) is 16.0. The zero-order valence-corrected chi connectivity index (χ0v) is 14.0. The maximum atomic E-state index is 13.4. The molecular formula is C19H16N4O3. The highest BCUT2D eigenvalue weighted by molar-refractivity contribution is 6.09. The van der Waals surface area contributed by atoms with Crippen LogP contribution in [-0.4, -0.2) is 27.0 Å². The van der Waals surface area contributed by atoms with Gasteiger partial charge in [0, 0.05) is 6.92 Å². The summed E-state index contributed by atoms with van der Waals surface area (Å²) in [6.45, 7) is 1.58. The van der Waals surface area contributed by atoms with Gasteiger partial charge < -0.3 is 9.73 Å². The first-order valence-corrected chi connectivity index (χ1v) is 8.15. The van der Waals surface area contributed by atoms with Gasteiger partial charge in [-0.25, -0.2) is 4.79 Å². The third-order valence-corrected chi connectivity index (χ3v) is 4.38. The van der Waals surface area contributed by atoms with Gasteiger partial charge in [0.25, 0.3) is 5.91 Å². The van der Waals surface area contributed by atoms with Gasteiger partial charge >= 0.3 is 6.03 Å². The summed E-state index contributed by atoms with van der Waals surface area (Å²) in [6.07, 6.45) is 0. The summed E-state index contributed by atoms with van der Waals surface area (Å²) < 4.78 is 5.33. The molecule has 1 aromatic heterocycles. The molecule has 0 radical (unpaired) electrons. The molecule has 1 N–H and O–H groups in total. The van der Waals surface area contributed by atoms with E-state index in [2.05, 4.69) is 15.5 Å². The van der Waals surface area contributed by atoms with E-state index in [9.17, 15) is 9.59 Å². The van der Waals surface area contributed by atoms with Crippen LogP contribution in [0.2, 0.25) is 0 Å². The molecule has 1 aliphatic rings. The summed E-state index contributed by atoms with van der Waals surface area (Å²) in [5.74, 6) is 0.211. The minimum atomic E-state index is -1.28. The van der Waals surface area contributed by atoms with Gasteiger partial charge in [-0.3, -0.25) is 9.69 Å². The number of benzene rings is 2. The van der Waals surface area contributed by atoms with E-state index < -0.39 is 11.6 Å². The molecule has 2 aromatic carbocycles. The lowest BCUT2D eigenvalue weighted by Gasteiger charge is -2.27. The van der Waals surface area contributed by atoms with Gasteiger partial charge in [0.15, 0.2) is 5.54 Å². The Kier molecular flexibility index (Phi) is 3.76. The van der Waals surface area contributed by atoms with Crippen molar-refractivity contribution in [2.45, 2.75) is 19.0 Å². The number of carbonyl (C=O) groups excluding carboxylic acids is 2. The summed E-state index contributed by atoms with van der Waals surface area (Å²) in [4.78, 5) is 27.2. The second-order valence-corrected chi connectivity index (χ2v) is 6.02. The van der Waals surface area contributed by atoms with E-state index in [1.54, 1.807) is 6.92 Å². The Hall–Kier alpha value is -3.48. The second kappa shape index (κ2) is 6.11. The monoisotopic (exact) mass is 348 g/mol. The molecular weight excluding hydrogens is 332 g/mol. The molecule has 2 heterocycles. The molecule has 0 unspecified atom stereocenters. The minimum Gasteiger partial charge on any atom is -0.424 e.